The molecule has 1 aliphatic heterocycles. The topological polar surface area (TPSA) is 53.2 Å². The van der Waals surface area contributed by atoms with Crippen LogP contribution in [0.3, 0.4) is 0 Å². The van der Waals surface area contributed by atoms with E-state index in [9.17, 15) is 17.2 Å². The Balaban J connectivity index is 1.55. The third kappa shape index (κ3) is 3.94. The Labute approximate surface area is 189 Å². The van der Waals surface area contributed by atoms with E-state index in [1.807, 2.05) is 24.3 Å². The van der Waals surface area contributed by atoms with Crippen LogP contribution < -0.4 is 0 Å². The molecule has 5 rings (SSSR count). The lowest BCUT2D eigenvalue weighted by Crippen LogP contribution is -2.43. The molecule has 0 amide bonds. The van der Waals surface area contributed by atoms with E-state index in [4.69, 9.17) is 0 Å². The van der Waals surface area contributed by atoms with Gasteiger partial charge in [0.05, 0.1) is 9.92 Å². The van der Waals surface area contributed by atoms with Crippen molar-refractivity contribution in [1.82, 2.24) is 9.29 Å². The van der Waals surface area contributed by atoms with Crippen LogP contribution in [0, 0.1) is 11.6 Å². The molecule has 0 bridgehead atoms. The molecule has 0 radical (unpaired) electrons. The fourth-order valence-corrected chi connectivity index (χ4v) is 6.99. The number of sulfonamides is 1. The van der Waals surface area contributed by atoms with E-state index in [0.717, 1.165) is 33.6 Å². The average Bonchev–Trinajstić information content (AvgIpc) is 3.17. The van der Waals surface area contributed by atoms with E-state index in [1.165, 1.54) is 28.6 Å². The molecule has 1 aliphatic rings. The van der Waals surface area contributed by atoms with Gasteiger partial charge in [0.15, 0.2) is 0 Å². The van der Waals surface area contributed by atoms with Gasteiger partial charge in [-0.05, 0) is 60.0 Å². The molecule has 1 atom stereocenters. The Hall–Kier alpha value is -2.68. The Kier molecular flexibility index (Phi) is 5.53. The molecule has 0 saturated heterocycles. The van der Waals surface area contributed by atoms with Gasteiger partial charge in [-0.15, -0.1) is 11.8 Å². The maximum absolute atomic E-state index is 13.6. The normalized spacial score (nSPS) is 16.4. The third-order valence-corrected chi connectivity index (χ3v) is 8.81. The van der Waals surface area contributed by atoms with E-state index < -0.39 is 15.8 Å². The molecular weight excluding hydrogens is 450 g/mol. The lowest BCUT2D eigenvalue weighted by atomic mass is 10.1. The molecule has 3 aromatic carbocycles. The van der Waals surface area contributed by atoms with Crippen LogP contribution in [0.4, 0.5) is 8.78 Å². The standard InChI is InChI=1S/C24H20F2N2O2S2/c25-17-7-5-16(6-8-17)14-28(32(29,30)20-11-9-18(26)10-12-20)19-13-22-21-3-1-2-4-23(21)27-24(22)31-15-19/h1-12,19,27H,13-15H2/t19-/m0/s1. The predicted octanol–water partition coefficient (Wildman–Crippen LogP) is 5.35. The van der Waals surface area contributed by atoms with Crippen LogP contribution in [0.25, 0.3) is 10.9 Å². The molecule has 0 saturated carbocycles. The Morgan fingerprint density at radius 2 is 1.59 bits per heavy atom. The van der Waals surface area contributed by atoms with Crippen molar-refractivity contribution < 1.29 is 17.2 Å². The number of hydrogen-bond acceptors (Lipinski definition) is 3. The van der Waals surface area contributed by atoms with Crippen molar-refractivity contribution in [1.29, 1.82) is 0 Å². The number of thioether (sulfide) groups is 1. The Morgan fingerprint density at radius 3 is 2.31 bits per heavy atom. The first kappa shape index (κ1) is 21.2. The number of nitrogens with one attached hydrogen (secondary N) is 1. The molecular formula is C24H20F2N2O2S2. The van der Waals surface area contributed by atoms with Gasteiger partial charge >= 0.3 is 0 Å². The summed E-state index contributed by atoms with van der Waals surface area (Å²) in [6.07, 6.45) is 0.550. The van der Waals surface area contributed by atoms with Gasteiger partial charge in [0.25, 0.3) is 0 Å². The lowest BCUT2D eigenvalue weighted by molar-refractivity contribution is 0.329. The van der Waals surface area contributed by atoms with Crippen LogP contribution in [-0.2, 0) is 23.0 Å². The minimum absolute atomic E-state index is 0.0377. The van der Waals surface area contributed by atoms with Crippen molar-refractivity contribution in [3.63, 3.8) is 0 Å². The molecule has 4 nitrogen and oxygen atoms in total. The number of benzene rings is 3. The highest BCUT2D eigenvalue weighted by atomic mass is 32.2. The smallest absolute Gasteiger partial charge is 0.243 e. The van der Waals surface area contributed by atoms with Gasteiger partial charge in [0.2, 0.25) is 10.0 Å². The van der Waals surface area contributed by atoms with Crippen LogP contribution in [-0.4, -0.2) is 29.5 Å². The Morgan fingerprint density at radius 1 is 0.938 bits per heavy atom. The van der Waals surface area contributed by atoms with E-state index in [1.54, 1.807) is 23.9 Å². The lowest BCUT2D eigenvalue weighted by Gasteiger charge is -2.33. The first-order valence-corrected chi connectivity index (χ1v) is 12.6. The maximum atomic E-state index is 13.6. The van der Waals surface area contributed by atoms with E-state index in [2.05, 4.69) is 4.98 Å². The summed E-state index contributed by atoms with van der Waals surface area (Å²) in [5.41, 5.74) is 2.81. The van der Waals surface area contributed by atoms with Crippen molar-refractivity contribution in [2.45, 2.75) is 28.9 Å². The SMILES string of the molecule is O=S(=O)(c1ccc(F)cc1)N(Cc1ccc(F)cc1)[C@@H]1CSc2[nH]c3ccccc3c2C1. The van der Waals surface area contributed by atoms with Gasteiger partial charge < -0.3 is 4.98 Å². The van der Waals surface area contributed by atoms with Crippen LogP contribution in [0.2, 0.25) is 0 Å². The number of nitrogens with zero attached hydrogens (tertiary/aromatic N) is 1. The zero-order valence-corrected chi connectivity index (χ0v) is 18.6. The van der Waals surface area contributed by atoms with E-state index in [-0.39, 0.29) is 23.3 Å². The molecule has 0 spiro atoms. The Bertz CT molecular complexity index is 1370. The highest BCUT2D eigenvalue weighted by molar-refractivity contribution is 7.99. The summed E-state index contributed by atoms with van der Waals surface area (Å²) < 4.78 is 55.6. The summed E-state index contributed by atoms with van der Waals surface area (Å²) in [4.78, 5) is 3.46. The third-order valence-electron chi connectivity index (χ3n) is 5.71. The molecule has 164 valence electrons. The molecule has 1 aromatic heterocycles. The molecule has 1 N–H and O–H groups in total. The van der Waals surface area contributed by atoms with Crippen molar-refractivity contribution in [2.24, 2.45) is 0 Å². The summed E-state index contributed by atoms with van der Waals surface area (Å²) in [5, 5.41) is 2.14. The maximum Gasteiger partial charge on any atom is 0.243 e. The molecule has 2 heterocycles. The number of aromatic nitrogens is 1. The number of H-pyrrole nitrogens is 1. The second kappa shape index (κ2) is 8.35. The summed E-state index contributed by atoms with van der Waals surface area (Å²) in [6.45, 7) is 0.100. The fourth-order valence-electron chi connectivity index (χ4n) is 4.08. The van der Waals surface area contributed by atoms with E-state index in [0.29, 0.717) is 17.7 Å². The number of aromatic amines is 1. The predicted molar refractivity (Wildman–Crippen MR) is 122 cm³/mol. The van der Waals surface area contributed by atoms with Crippen molar-refractivity contribution >= 4 is 32.7 Å². The summed E-state index contributed by atoms with van der Waals surface area (Å²) in [5.74, 6) is -0.300. The van der Waals surface area contributed by atoms with Crippen LogP contribution >= 0.6 is 11.8 Å². The molecule has 0 fully saturated rings. The monoisotopic (exact) mass is 470 g/mol. The summed E-state index contributed by atoms with van der Waals surface area (Å²) in [7, 11) is -3.92. The molecule has 4 aromatic rings. The van der Waals surface area contributed by atoms with Gasteiger partial charge in [0.1, 0.15) is 11.6 Å². The number of fused-ring (bicyclic) bond motifs is 3. The number of halogens is 2. The van der Waals surface area contributed by atoms with Gasteiger partial charge in [0, 0.05) is 29.2 Å². The van der Waals surface area contributed by atoms with E-state index >= 15 is 0 Å². The quantitative estimate of drug-likeness (QED) is 0.428. The minimum Gasteiger partial charge on any atom is -0.349 e. The second-order valence-corrected chi connectivity index (χ2v) is 10.7. The fraction of sp³-hybridized carbons (Fsp3) is 0.167. The zero-order chi connectivity index (χ0) is 22.3. The molecule has 8 heteroatoms. The van der Waals surface area contributed by atoms with Crippen molar-refractivity contribution in [3.8, 4) is 0 Å². The minimum atomic E-state index is -3.92. The van der Waals surface area contributed by atoms with Gasteiger partial charge in [-0.2, -0.15) is 4.31 Å². The van der Waals surface area contributed by atoms with Crippen LogP contribution in [0.1, 0.15) is 11.1 Å². The number of rotatable bonds is 5. The average molecular weight is 471 g/mol. The first-order valence-electron chi connectivity index (χ1n) is 10.2. The second-order valence-electron chi connectivity index (χ2n) is 7.78. The highest BCUT2D eigenvalue weighted by Gasteiger charge is 2.35. The van der Waals surface area contributed by atoms with Gasteiger partial charge in [-0.25, -0.2) is 17.2 Å². The number of para-hydroxylation sites is 1. The molecule has 0 aliphatic carbocycles. The highest BCUT2D eigenvalue weighted by Crippen LogP contribution is 2.38. The molecule has 32 heavy (non-hydrogen) atoms. The molecule has 0 unspecified atom stereocenters. The van der Waals surface area contributed by atoms with Crippen molar-refractivity contribution in [3.05, 3.63) is 95.6 Å². The summed E-state index contributed by atoms with van der Waals surface area (Å²) in [6, 6.07) is 18.4. The van der Waals surface area contributed by atoms with Gasteiger partial charge in [-0.3, -0.25) is 0 Å². The number of hydrogen-bond donors (Lipinski definition) is 1. The van der Waals surface area contributed by atoms with Crippen LogP contribution in [0.15, 0.2) is 82.7 Å². The van der Waals surface area contributed by atoms with Gasteiger partial charge in [-0.1, -0.05) is 30.3 Å². The zero-order valence-electron chi connectivity index (χ0n) is 17.0. The largest absolute Gasteiger partial charge is 0.349 e. The van der Waals surface area contributed by atoms with Crippen molar-refractivity contribution in [2.75, 3.05) is 5.75 Å². The van der Waals surface area contributed by atoms with Crippen LogP contribution in [0.5, 0.6) is 0 Å². The summed E-state index contributed by atoms with van der Waals surface area (Å²) >= 11 is 1.60. The first-order chi connectivity index (χ1) is 15.4.